The van der Waals surface area contributed by atoms with Crippen molar-refractivity contribution in [2.45, 2.75) is 38.5 Å². The lowest BCUT2D eigenvalue weighted by Gasteiger charge is -2.29. The predicted octanol–water partition coefficient (Wildman–Crippen LogP) is 0.645. The first kappa shape index (κ1) is 17.7. The van der Waals surface area contributed by atoms with Gasteiger partial charge < -0.3 is 15.2 Å². The third-order valence-electron chi connectivity index (χ3n) is 2.71. The second-order valence-electron chi connectivity index (χ2n) is 5.28. The highest BCUT2D eigenvalue weighted by Crippen LogP contribution is 2.20. The van der Waals surface area contributed by atoms with Gasteiger partial charge >= 0.3 is 12.1 Å². The summed E-state index contributed by atoms with van der Waals surface area (Å²) in [6, 6.07) is -1.58. The van der Waals surface area contributed by atoms with Crippen molar-refractivity contribution in [3.63, 3.8) is 0 Å². The smallest absolute Gasteiger partial charge is 0.407 e. The average Bonchev–Trinajstić information content (AvgIpc) is 2.20. The van der Waals surface area contributed by atoms with Gasteiger partial charge in [0.25, 0.3) is 0 Å². The van der Waals surface area contributed by atoms with Gasteiger partial charge in [0.2, 0.25) is 0 Å². The summed E-state index contributed by atoms with van der Waals surface area (Å²) in [4.78, 5) is 22.6. The Bertz CT molecular complexity index is 440. The molecule has 0 aromatic rings. The highest BCUT2D eigenvalue weighted by Gasteiger charge is 2.44. The summed E-state index contributed by atoms with van der Waals surface area (Å²) in [7, 11) is -3.67. The van der Waals surface area contributed by atoms with Gasteiger partial charge in [0.15, 0.2) is 9.84 Å². The Kier molecular flexibility index (Phi) is 5.80. The maximum atomic E-state index is 11.6. The monoisotopic (exact) mass is 295 g/mol. The van der Waals surface area contributed by atoms with Crippen LogP contribution in [0.1, 0.15) is 27.7 Å². The van der Waals surface area contributed by atoms with Crippen molar-refractivity contribution in [2.75, 3.05) is 12.9 Å². The molecular formula is C11H21NO6S. The number of rotatable bonds is 6. The Hall–Kier alpha value is -1.31. The van der Waals surface area contributed by atoms with Crippen molar-refractivity contribution in [2.24, 2.45) is 5.92 Å². The molecule has 0 radical (unpaired) electrons. The van der Waals surface area contributed by atoms with Crippen molar-refractivity contribution < 1.29 is 27.9 Å². The first-order chi connectivity index (χ1) is 8.39. The molecule has 8 heteroatoms. The molecule has 0 bridgehead atoms. The molecule has 0 aliphatic rings. The summed E-state index contributed by atoms with van der Waals surface area (Å²) in [5, 5.41) is 11.1. The molecule has 2 N–H and O–H groups in total. The minimum atomic E-state index is -3.67. The summed E-state index contributed by atoms with van der Waals surface area (Å²) in [6.07, 6.45) is -0.0258. The number of hydrogen-bond donors (Lipinski definition) is 2. The maximum absolute atomic E-state index is 11.6. The molecule has 0 aromatic carbocycles. The molecule has 0 aromatic heterocycles. The van der Waals surface area contributed by atoms with E-state index in [0.29, 0.717) is 0 Å². The molecular weight excluding hydrogens is 274 g/mol. The molecule has 0 aliphatic heterocycles. The first-order valence-electron chi connectivity index (χ1n) is 5.75. The largest absolute Gasteiger partial charge is 0.480 e. The number of amides is 1. The van der Waals surface area contributed by atoms with Crippen LogP contribution in [0.4, 0.5) is 4.79 Å². The number of aliphatic carboxylic acids is 1. The van der Waals surface area contributed by atoms with Crippen LogP contribution in [0.25, 0.3) is 0 Å². The molecule has 0 fully saturated rings. The lowest BCUT2D eigenvalue weighted by molar-refractivity contribution is -0.140. The zero-order valence-corrected chi connectivity index (χ0v) is 12.6. The highest BCUT2D eigenvalue weighted by atomic mass is 32.2. The third-order valence-corrected chi connectivity index (χ3v) is 4.85. The van der Waals surface area contributed by atoms with Crippen molar-refractivity contribution in [1.82, 2.24) is 5.32 Å². The van der Waals surface area contributed by atoms with E-state index in [4.69, 9.17) is 9.84 Å². The lowest BCUT2D eigenvalue weighted by atomic mass is 10.0. The molecule has 0 saturated carbocycles. The number of nitrogens with one attached hydrogen (secondary N) is 1. The minimum absolute atomic E-state index is 0.0944. The number of sulfone groups is 1. The van der Waals surface area contributed by atoms with Gasteiger partial charge in [0.1, 0.15) is 6.04 Å². The van der Waals surface area contributed by atoms with Gasteiger partial charge in [-0.15, -0.1) is 0 Å². The number of carboxylic acids is 1. The van der Waals surface area contributed by atoms with Crippen LogP contribution >= 0.6 is 0 Å². The standard InChI is InChI=1S/C11H21NO6S/c1-7(2)6-18-10(15)12-8(9(13)14)11(3,4)19(5,16)17/h7-8H,6H2,1-5H3,(H,12,15)(H,13,14)/t8-/m1/s1. The molecule has 112 valence electrons. The van der Waals surface area contributed by atoms with Crippen molar-refractivity contribution in [3.8, 4) is 0 Å². The average molecular weight is 295 g/mol. The Morgan fingerprint density at radius 1 is 1.32 bits per heavy atom. The highest BCUT2D eigenvalue weighted by molar-refractivity contribution is 7.92. The van der Waals surface area contributed by atoms with Crippen LogP contribution < -0.4 is 5.32 Å². The Balaban J connectivity index is 4.97. The zero-order chi connectivity index (χ0) is 15.4. The van der Waals surface area contributed by atoms with E-state index in [2.05, 4.69) is 5.32 Å². The second kappa shape index (κ2) is 6.23. The van der Waals surface area contributed by atoms with Gasteiger partial charge in [0.05, 0.1) is 11.4 Å². The molecule has 1 amide bonds. The van der Waals surface area contributed by atoms with E-state index in [1.54, 1.807) is 0 Å². The maximum Gasteiger partial charge on any atom is 0.407 e. The number of ether oxygens (including phenoxy) is 1. The second-order valence-corrected chi connectivity index (χ2v) is 7.88. The van der Waals surface area contributed by atoms with Gasteiger partial charge in [0, 0.05) is 6.26 Å². The van der Waals surface area contributed by atoms with Crippen LogP contribution in [0.5, 0.6) is 0 Å². The van der Waals surface area contributed by atoms with E-state index in [9.17, 15) is 18.0 Å². The quantitative estimate of drug-likeness (QED) is 0.744. The Morgan fingerprint density at radius 3 is 2.11 bits per heavy atom. The predicted molar refractivity (Wildman–Crippen MR) is 69.7 cm³/mol. The van der Waals surface area contributed by atoms with Gasteiger partial charge in [-0.3, -0.25) is 0 Å². The van der Waals surface area contributed by atoms with Gasteiger partial charge in [-0.2, -0.15) is 0 Å². The van der Waals surface area contributed by atoms with E-state index in [1.165, 1.54) is 13.8 Å². The topological polar surface area (TPSA) is 110 Å². The molecule has 0 aliphatic carbocycles. The molecule has 0 heterocycles. The van der Waals surface area contributed by atoms with Gasteiger partial charge in [-0.25, -0.2) is 18.0 Å². The summed E-state index contributed by atoms with van der Waals surface area (Å²) >= 11 is 0. The normalized spacial score (nSPS) is 14.0. The molecule has 0 unspecified atom stereocenters. The van der Waals surface area contributed by atoms with E-state index in [1.807, 2.05) is 13.8 Å². The number of carbonyl (C=O) groups excluding carboxylic acids is 1. The van der Waals surface area contributed by atoms with E-state index in [0.717, 1.165) is 6.26 Å². The fourth-order valence-electron chi connectivity index (χ4n) is 1.15. The van der Waals surface area contributed by atoms with Crippen molar-refractivity contribution in [3.05, 3.63) is 0 Å². The molecule has 0 spiro atoms. The lowest BCUT2D eigenvalue weighted by Crippen LogP contribution is -2.57. The third kappa shape index (κ3) is 5.06. The van der Waals surface area contributed by atoms with Gasteiger partial charge in [-0.05, 0) is 19.8 Å². The summed E-state index contributed by atoms with van der Waals surface area (Å²) < 4.78 is 26.3. The summed E-state index contributed by atoms with van der Waals surface area (Å²) in [6.45, 7) is 6.25. The number of alkyl carbamates (subject to hydrolysis) is 1. The SMILES string of the molecule is CC(C)COC(=O)N[C@H](C(=O)O)C(C)(C)S(C)(=O)=O. The van der Waals surface area contributed by atoms with Crippen LogP contribution in [0.3, 0.4) is 0 Å². The van der Waals surface area contributed by atoms with E-state index >= 15 is 0 Å². The molecule has 19 heavy (non-hydrogen) atoms. The Morgan fingerprint density at radius 2 is 1.79 bits per heavy atom. The fraction of sp³-hybridized carbons (Fsp3) is 0.818. The van der Waals surface area contributed by atoms with Crippen LogP contribution in [0.2, 0.25) is 0 Å². The van der Waals surface area contributed by atoms with E-state index in [-0.39, 0.29) is 12.5 Å². The minimum Gasteiger partial charge on any atom is -0.480 e. The van der Waals surface area contributed by atoms with Crippen molar-refractivity contribution in [1.29, 1.82) is 0 Å². The van der Waals surface area contributed by atoms with Crippen LogP contribution in [-0.4, -0.2) is 49.2 Å². The Labute approximate surface area is 113 Å². The summed E-state index contributed by atoms with van der Waals surface area (Å²) in [5.74, 6) is -1.34. The fourth-order valence-corrected chi connectivity index (χ4v) is 1.74. The molecule has 7 nitrogen and oxygen atoms in total. The zero-order valence-electron chi connectivity index (χ0n) is 11.8. The van der Waals surface area contributed by atoms with E-state index < -0.39 is 32.7 Å². The molecule has 0 saturated heterocycles. The van der Waals surface area contributed by atoms with Crippen molar-refractivity contribution >= 4 is 21.9 Å². The van der Waals surface area contributed by atoms with Gasteiger partial charge in [-0.1, -0.05) is 13.8 Å². The number of hydrogen-bond acceptors (Lipinski definition) is 5. The molecule has 0 rings (SSSR count). The van der Waals surface area contributed by atoms with Crippen LogP contribution in [0.15, 0.2) is 0 Å². The summed E-state index contributed by atoms with van der Waals surface area (Å²) in [5.41, 5.74) is 0. The molecule has 1 atom stereocenters. The van der Waals surface area contributed by atoms with Crippen LogP contribution in [0, 0.1) is 5.92 Å². The van der Waals surface area contributed by atoms with Crippen LogP contribution in [-0.2, 0) is 19.4 Å². The number of carbonyl (C=O) groups is 2. The number of carboxylic acid groups (broad SMARTS) is 1. The first-order valence-corrected chi connectivity index (χ1v) is 7.64.